The summed E-state index contributed by atoms with van der Waals surface area (Å²) in [4.78, 5) is 54.0. The average molecular weight is 514 g/mol. The number of aromatic nitrogens is 1. The number of hydrogen-bond donors (Lipinski definition) is 1. The van der Waals surface area contributed by atoms with E-state index in [1.54, 1.807) is 48.5 Å². The van der Waals surface area contributed by atoms with Crippen LogP contribution in [-0.4, -0.2) is 27.5 Å². The van der Waals surface area contributed by atoms with E-state index < -0.39 is 16.6 Å². The topological polar surface area (TPSA) is 88.5 Å². The monoisotopic (exact) mass is 513 g/mol. The van der Waals surface area contributed by atoms with E-state index >= 15 is 0 Å². The molecule has 2 atom stereocenters. The van der Waals surface area contributed by atoms with Crippen molar-refractivity contribution in [2.24, 2.45) is 5.92 Å². The maximum absolute atomic E-state index is 13.4. The number of benzene rings is 2. The molecule has 0 radical (unpaired) electrons. The van der Waals surface area contributed by atoms with Gasteiger partial charge in [-0.05, 0) is 36.4 Å². The number of nitrogens with one attached hydrogen (secondary N) is 1. The van der Waals surface area contributed by atoms with Crippen molar-refractivity contribution in [2.75, 3.05) is 10.2 Å². The molecule has 1 saturated heterocycles. The molecule has 3 amide bonds. The maximum Gasteiger partial charge on any atom is 0.308 e. The van der Waals surface area contributed by atoms with E-state index in [0.29, 0.717) is 21.4 Å². The van der Waals surface area contributed by atoms with Crippen molar-refractivity contribution in [1.29, 1.82) is 0 Å². The van der Waals surface area contributed by atoms with E-state index in [4.69, 9.17) is 11.6 Å². The molecule has 3 aromatic rings. The van der Waals surface area contributed by atoms with Gasteiger partial charge in [-0.1, -0.05) is 66.7 Å². The van der Waals surface area contributed by atoms with Crippen LogP contribution < -0.4 is 15.1 Å². The summed E-state index contributed by atoms with van der Waals surface area (Å²) in [5.41, 5.74) is 0.351. The molecule has 2 aromatic carbocycles. The Bertz CT molecular complexity index is 1370. The highest BCUT2D eigenvalue weighted by molar-refractivity contribution is 8.00. The van der Waals surface area contributed by atoms with E-state index in [1.165, 1.54) is 21.2 Å². The lowest BCUT2D eigenvalue weighted by Gasteiger charge is -2.36. The molecule has 0 aliphatic carbocycles. The maximum atomic E-state index is 13.4. The SMILES string of the molecule is CC1(C)c2sc(=O)n(CC(=O)Nc3ccc(Cl)cc3)c2SC2C(=O)N(c3ccccc3)C(=O)C21. The fraction of sp³-hybridized carbons (Fsp3) is 0.250. The Balaban J connectivity index is 1.47. The fourth-order valence-corrected chi connectivity index (χ4v) is 7.64. The molecule has 174 valence electrons. The Morgan fingerprint density at radius 3 is 2.38 bits per heavy atom. The summed E-state index contributed by atoms with van der Waals surface area (Å²) >= 11 is 8.12. The lowest BCUT2D eigenvalue weighted by Crippen LogP contribution is -2.41. The van der Waals surface area contributed by atoms with Crippen LogP contribution in [0.15, 0.2) is 64.4 Å². The van der Waals surface area contributed by atoms with Gasteiger partial charge in [0.15, 0.2) is 0 Å². The number of anilines is 2. The van der Waals surface area contributed by atoms with Gasteiger partial charge in [0, 0.05) is 21.0 Å². The normalized spacial score (nSPS) is 20.7. The molecule has 2 unspecified atom stereocenters. The molecule has 10 heteroatoms. The highest BCUT2D eigenvalue weighted by atomic mass is 35.5. The van der Waals surface area contributed by atoms with Gasteiger partial charge in [-0.3, -0.25) is 23.7 Å². The Labute approximate surface area is 208 Å². The van der Waals surface area contributed by atoms with Crippen molar-refractivity contribution >= 4 is 63.8 Å². The second-order valence-electron chi connectivity index (χ2n) is 8.73. The van der Waals surface area contributed by atoms with Crippen LogP contribution in [-0.2, 0) is 26.3 Å². The van der Waals surface area contributed by atoms with Crippen LogP contribution in [0.4, 0.5) is 11.4 Å². The van der Waals surface area contributed by atoms with Gasteiger partial charge >= 0.3 is 4.87 Å². The highest BCUT2D eigenvalue weighted by Gasteiger charge is 2.59. The highest BCUT2D eigenvalue weighted by Crippen LogP contribution is 2.54. The van der Waals surface area contributed by atoms with Crippen molar-refractivity contribution < 1.29 is 14.4 Å². The zero-order valence-corrected chi connectivity index (χ0v) is 20.7. The molecule has 1 N–H and O–H groups in total. The number of amides is 3. The van der Waals surface area contributed by atoms with Crippen LogP contribution in [0, 0.1) is 5.92 Å². The number of hydrogen-bond acceptors (Lipinski definition) is 6. The lowest BCUT2D eigenvalue weighted by molar-refractivity contribution is -0.123. The summed E-state index contributed by atoms with van der Waals surface area (Å²) in [6, 6.07) is 15.5. The van der Waals surface area contributed by atoms with Crippen LogP contribution in [0.5, 0.6) is 0 Å². The molecule has 1 fully saturated rings. The lowest BCUT2D eigenvalue weighted by atomic mass is 9.76. The number of imide groups is 1. The number of halogens is 1. The molecule has 0 bridgehead atoms. The minimum atomic E-state index is -0.747. The van der Waals surface area contributed by atoms with Gasteiger partial charge in [0.25, 0.3) is 0 Å². The van der Waals surface area contributed by atoms with Crippen molar-refractivity contribution in [1.82, 2.24) is 4.57 Å². The van der Waals surface area contributed by atoms with Crippen LogP contribution in [0.1, 0.15) is 18.7 Å². The van der Waals surface area contributed by atoms with Crippen LogP contribution >= 0.6 is 34.7 Å². The quantitative estimate of drug-likeness (QED) is 0.530. The summed E-state index contributed by atoms with van der Waals surface area (Å²) in [6.45, 7) is 3.58. The summed E-state index contributed by atoms with van der Waals surface area (Å²) in [5, 5.41) is 3.21. The number of thioether (sulfide) groups is 1. The van der Waals surface area contributed by atoms with Gasteiger partial charge in [0.2, 0.25) is 17.7 Å². The third kappa shape index (κ3) is 3.68. The summed E-state index contributed by atoms with van der Waals surface area (Å²) in [6.07, 6.45) is 0. The van der Waals surface area contributed by atoms with Crippen molar-refractivity contribution in [3.8, 4) is 0 Å². The van der Waals surface area contributed by atoms with Gasteiger partial charge in [0.1, 0.15) is 11.8 Å². The molecule has 0 saturated carbocycles. The van der Waals surface area contributed by atoms with E-state index in [-0.39, 0.29) is 29.1 Å². The second-order valence-corrected chi connectivity index (χ2v) is 11.3. The average Bonchev–Trinajstić information content (AvgIpc) is 3.25. The molecular weight excluding hydrogens is 494 g/mol. The van der Waals surface area contributed by atoms with Gasteiger partial charge in [-0.2, -0.15) is 0 Å². The molecule has 34 heavy (non-hydrogen) atoms. The van der Waals surface area contributed by atoms with Crippen molar-refractivity contribution in [2.45, 2.75) is 36.1 Å². The van der Waals surface area contributed by atoms with Gasteiger partial charge in [-0.15, -0.1) is 0 Å². The Morgan fingerprint density at radius 2 is 1.71 bits per heavy atom. The number of para-hydroxylation sites is 1. The first-order valence-electron chi connectivity index (χ1n) is 10.6. The van der Waals surface area contributed by atoms with Gasteiger partial charge in [0.05, 0.1) is 16.6 Å². The minimum absolute atomic E-state index is 0.196. The summed E-state index contributed by atoms with van der Waals surface area (Å²) in [5.74, 6) is -1.55. The smallest absolute Gasteiger partial charge is 0.308 e. The zero-order chi connectivity index (χ0) is 24.2. The molecule has 0 spiro atoms. The Kier molecular flexibility index (Phi) is 5.66. The molecule has 2 aliphatic rings. The predicted molar refractivity (Wildman–Crippen MR) is 134 cm³/mol. The van der Waals surface area contributed by atoms with Crippen molar-refractivity contribution in [3.63, 3.8) is 0 Å². The number of nitrogens with zero attached hydrogens (tertiary/aromatic N) is 2. The van der Waals surface area contributed by atoms with E-state index in [2.05, 4.69) is 5.32 Å². The molecule has 1 aromatic heterocycles. The Hall–Kier alpha value is -2.88. The molecule has 2 aliphatic heterocycles. The van der Waals surface area contributed by atoms with E-state index in [9.17, 15) is 19.2 Å². The fourth-order valence-electron chi connectivity index (χ4n) is 4.48. The summed E-state index contributed by atoms with van der Waals surface area (Å²) in [7, 11) is 0. The minimum Gasteiger partial charge on any atom is -0.325 e. The zero-order valence-electron chi connectivity index (χ0n) is 18.3. The van der Waals surface area contributed by atoms with Crippen LogP contribution in [0.2, 0.25) is 5.02 Å². The van der Waals surface area contributed by atoms with Crippen LogP contribution in [0.25, 0.3) is 0 Å². The number of thiazole rings is 1. The first-order chi connectivity index (χ1) is 16.2. The second kappa shape index (κ2) is 8.41. The van der Waals surface area contributed by atoms with Gasteiger partial charge in [-0.25, -0.2) is 4.90 Å². The first kappa shape index (κ1) is 22.9. The number of carbonyl (C=O) groups is 3. The molecule has 7 nitrogen and oxygen atoms in total. The predicted octanol–water partition coefficient (Wildman–Crippen LogP) is 4.14. The number of carbonyl (C=O) groups excluding carboxylic acids is 3. The number of rotatable bonds is 4. The van der Waals surface area contributed by atoms with Gasteiger partial charge < -0.3 is 5.32 Å². The largest absolute Gasteiger partial charge is 0.325 e. The van der Waals surface area contributed by atoms with Crippen LogP contribution in [0.3, 0.4) is 0 Å². The Morgan fingerprint density at radius 1 is 1.03 bits per heavy atom. The standard InChI is InChI=1S/C24H20ClN3O4S2/c1-24(2)17-18(21(31)28(20(17)30)15-6-4-3-5-7-15)33-22-19(24)34-23(32)27(22)12-16(29)26-14-10-8-13(25)9-11-14/h3-11,17-18H,12H2,1-2H3,(H,26,29). The van der Waals surface area contributed by atoms with Crippen molar-refractivity contribution in [3.05, 3.63) is 74.2 Å². The molecular formula is C24H20ClN3O4S2. The number of fused-ring (bicyclic) bond motifs is 2. The third-order valence-electron chi connectivity index (χ3n) is 6.15. The summed E-state index contributed by atoms with van der Waals surface area (Å²) < 4.78 is 1.40. The molecule has 5 rings (SSSR count). The van der Waals surface area contributed by atoms with E-state index in [0.717, 1.165) is 16.2 Å². The first-order valence-corrected chi connectivity index (χ1v) is 12.6. The van der Waals surface area contributed by atoms with E-state index in [1.807, 2.05) is 19.9 Å². The molecule has 3 heterocycles. The third-order valence-corrected chi connectivity index (χ3v) is 9.22.